The summed E-state index contributed by atoms with van der Waals surface area (Å²) >= 11 is 0. The highest BCUT2D eigenvalue weighted by atomic mass is 35.5. The Hall–Kier alpha value is -3.49. The van der Waals surface area contributed by atoms with E-state index in [4.69, 9.17) is 4.74 Å². The number of likely N-dealkylation sites (N-methyl/N-ethyl adjacent to an activating group) is 1. The first-order valence-corrected chi connectivity index (χ1v) is 11.8. The number of pyridine rings is 1. The Morgan fingerprint density at radius 1 is 1.06 bits per heavy atom. The highest BCUT2D eigenvalue weighted by Gasteiger charge is 2.11. The fourth-order valence-corrected chi connectivity index (χ4v) is 3.92. The molecule has 0 unspecified atom stereocenters. The molecule has 0 amide bonds. The Bertz CT molecular complexity index is 1340. The predicted octanol–water partition coefficient (Wildman–Crippen LogP) is 4.94. The number of nitrogens with one attached hydrogen (secondary N) is 1. The molecule has 7 nitrogen and oxygen atoms in total. The smallest absolute Gasteiger partial charge is 0.255 e. The molecule has 2 aromatic carbocycles. The number of benzene rings is 2. The van der Waals surface area contributed by atoms with E-state index in [9.17, 15) is 9.18 Å². The molecule has 0 fully saturated rings. The maximum absolute atomic E-state index is 13.2. The lowest BCUT2D eigenvalue weighted by Gasteiger charge is -2.18. The number of aromatic nitrogens is 3. The van der Waals surface area contributed by atoms with Gasteiger partial charge in [0.2, 0.25) is 5.95 Å². The predicted molar refractivity (Wildman–Crippen MR) is 144 cm³/mol. The molecule has 4 aromatic rings. The molecule has 0 spiro atoms. The Morgan fingerprint density at radius 2 is 1.75 bits per heavy atom. The number of hydrogen-bond donors (Lipinski definition) is 1. The van der Waals surface area contributed by atoms with Crippen LogP contribution in [0.5, 0.6) is 5.75 Å². The average molecular weight is 512 g/mol. The van der Waals surface area contributed by atoms with Crippen molar-refractivity contribution in [2.45, 2.75) is 20.3 Å². The molecule has 0 aliphatic carbocycles. The van der Waals surface area contributed by atoms with Crippen molar-refractivity contribution in [2.75, 3.05) is 31.6 Å². The zero-order chi connectivity index (χ0) is 24.8. The fraction of sp³-hybridized carbons (Fsp3) is 0.296. The number of nitrogens with zero attached hydrogens (tertiary/aromatic N) is 4. The first kappa shape index (κ1) is 27.1. The van der Waals surface area contributed by atoms with Crippen LogP contribution < -0.4 is 15.6 Å². The first-order chi connectivity index (χ1) is 17.0. The van der Waals surface area contributed by atoms with Crippen molar-refractivity contribution >= 4 is 35.1 Å². The van der Waals surface area contributed by atoms with Gasteiger partial charge >= 0.3 is 0 Å². The lowest BCUT2D eigenvalue weighted by molar-refractivity contribution is 0.223. The van der Waals surface area contributed by atoms with Crippen molar-refractivity contribution in [2.24, 2.45) is 7.05 Å². The highest BCUT2D eigenvalue weighted by molar-refractivity contribution is 5.85. The lowest BCUT2D eigenvalue weighted by Crippen LogP contribution is -2.27. The Labute approximate surface area is 216 Å². The summed E-state index contributed by atoms with van der Waals surface area (Å²) in [5, 5.41) is 3.94. The van der Waals surface area contributed by atoms with E-state index in [1.54, 1.807) is 31.4 Å². The van der Waals surface area contributed by atoms with Crippen LogP contribution in [0.1, 0.15) is 25.0 Å². The molecule has 0 bridgehead atoms. The van der Waals surface area contributed by atoms with Gasteiger partial charge in [-0.05, 0) is 61.1 Å². The molecule has 2 aromatic heterocycles. The highest BCUT2D eigenvalue weighted by Crippen LogP contribution is 2.20. The van der Waals surface area contributed by atoms with Crippen molar-refractivity contribution < 1.29 is 9.13 Å². The van der Waals surface area contributed by atoms with Crippen LogP contribution in [0.2, 0.25) is 0 Å². The van der Waals surface area contributed by atoms with Crippen LogP contribution in [0.3, 0.4) is 0 Å². The van der Waals surface area contributed by atoms with Gasteiger partial charge in [-0.25, -0.2) is 9.37 Å². The van der Waals surface area contributed by atoms with Crippen LogP contribution >= 0.6 is 12.4 Å². The summed E-state index contributed by atoms with van der Waals surface area (Å²) in [4.78, 5) is 24.2. The molecule has 36 heavy (non-hydrogen) atoms. The molecule has 9 heteroatoms. The third-order valence-corrected chi connectivity index (χ3v) is 6.01. The average Bonchev–Trinajstić information content (AvgIpc) is 2.88. The van der Waals surface area contributed by atoms with Gasteiger partial charge in [0.05, 0.1) is 0 Å². The molecule has 190 valence electrons. The third kappa shape index (κ3) is 6.59. The van der Waals surface area contributed by atoms with Gasteiger partial charge in [0.25, 0.3) is 5.56 Å². The second-order valence-electron chi connectivity index (χ2n) is 8.33. The summed E-state index contributed by atoms with van der Waals surface area (Å²) in [5.74, 6) is 0.901. The van der Waals surface area contributed by atoms with Crippen LogP contribution in [-0.4, -0.2) is 45.7 Å². The van der Waals surface area contributed by atoms with Crippen molar-refractivity contribution in [3.05, 3.63) is 88.1 Å². The standard InChI is InChI=1S/C27H30FN5O2.ClH/c1-4-33(5-2)14-15-35-24-12-10-23(11-13-24)30-27-29-18-21-17-20(26(34)32(3)25(21)31-27)16-19-6-8-22(28)9-7-19;/h6-13,17-18H,4-5,14-16H2,1-3H3,(H,29,30,31);1H. The van der Waals surface area contributed by atoms with E-state index in [2.05, 4.69) is 34.0 Å². The minimum absolute atomic E-state index is 0. The van der Waals surface area contributed by atoms with Gasteiger partial charge in [0.1, 0.15) is 23.8 Å². The number of fused-ring (bicyclic) bond motifs is 1. The second-order valence-corrected chi connectivity index (χ2v) is 8.33. The van der Waals surface area contributed by atoms with Gasteiger partial charge < -0.3 is 15.0 Å². The number of aryl methyl sites for hydroxylation is 1. The summed E-state index contributed by atoms with van der Waals surface area (Å²) < 4.78 is 20.6. The number of hydrogen-bond acceptors (Lipinski definition) is 6. The molecule has 4 rings (SSSR count). The van der Waals surface area contributed by atoms with E-state index in [0.29, 0.717) is 30.2 Å². The van der Waals surface area contributed by atoms with E-state index in [1.165, 1.54) is 16.7 Å². The van der Waals surface area contributed by atoms with Gasteiger partial charge in [0, 0.05) is 42.8 Å². The molecule has 2 heterocycles. The molecule has 0 radical (unpaired) electrons. The zero-order valence-electron chi connectivity index (χ0n) is 20.7. The SMILES string of the molecule is CCN(CC)CCOc1ccc(Nc2ncc3cc(Cc4ccc(F)cc4)c(=O)n(C)c3n2)cc1.Cl. The largest absolute Gasteiger partial charge is 0.492 e. The quantitative estimate of drug-likeness (QED) is 0.325. The summed E-state index contributed by atoms with van der Waals surface area (Å²) in [7, 11) is 1.69. The van der Waals surface area contributed by atoms with Crippen LogP contribution in [0.15, 0.2) is 65.6 Å². The molecule has 0 saturated carbocycles. The number of rotatable bonds is 10. The molecular formula is C27H31ClFN5O2. The maximum Gasteiger partial charge on any atom is 0.255 e. The van der Waals surface area contributed by atoms with Crippen LogP contribution in [0, 0.1) is 5.82 Å². The second kappa shape index (κ2) is 12.5. The number of anilines is 2. The van der Waals surface area contributed by atoms with E-state index in [0.717, 1.165) is 42.0 Å². The summed E-state index contributed by atoms with van der Waals surface area (Å²) in [5.41, 5.74) is 2.68. The molecule has 0 atom stereocenters. The van der Waals surface area contributed by atoms with E-state index < -0.39 is 0 Å². The first-order valence-electron chi connectivity index (χ1n) is 11.8. The molecular weight excluding hydrogens is 481 g/mol. The van der Waals surface area contributed by atoms with Gasteiger partial charge in [-0.15, -0.1) is 12.4 Å². The Kier molecular flexibility index (Phi) is 9.38. The maximum atomic E-state index is 13.2. The summed E-state index contributed by atoms with van der Waals surface area (Å²) in [6, 6.07) is 15.6. The van der Waals surface area contributed by atoms with Crippen LogP contribution in [0.25, 0.3) is 11.0 Å². The molecule has 0 saturated heterocycles. The summed E-state index contributed by atoms with van der Waals surface area (Å²) in [6.07, 6.45) is 2.11. The van der Waals surface area contributed by atoms with Crippen molar-refractivity contribution in [1.29, 1.82) is 0 Å². The van der Waals surface area contributed by atoms with Crippen molar-refractivity contribution in [3.8, 4) is 5.75 Å². The molecule has 0 aliphatic rings. The molecule has 0 aliphatic heterocycles. The zero-order valence-corrected chi connectivity index (χ0v) is 21.5. The van der Waals surface area contributed by atoms with E-state index in [1.807, 2.05) is 24.3 Å². The minimum atomic E-state index is -0.300. The van der Waals surface area contributed by atoms with Crippen LogP contribution in [-0.2, 0) is 13.5 Å². The fourth-order valence-electron chi connectivity index (χ4n) is 3.92. The monoisotopic (exact) mass is 511 g/mol. The van der Waals surface area contributed by atoms with Crippen molar-refractivity contribution in [1.82, 2.24) is 19.4 Å². The van der Waals surface area contributed by atoms with Crippen molar-refractivity contribution in [3.63, 3.8) is 0 Å². The number of halogens is 2. The minimum Gasteiger partial charge on any atom is -0.492 e. The Morgan fingerprint density at radius 3 is 2.42 bits per heavy atom. The topological polar surface area (TPSA) is 72.3 Å². The Balaban J connectivity index is 0.00000361. The van der Waals surface area contributed by atoms with E-state index >= 15 is 0 Å². The van der Waals surface area contributed by atoms with Gasteiger partial charge in [-0.1, -0.05) is 26.0 Å². The van der Waals surface area contributed by atoms with Gasteiger partial charge in [-0.3, -0.25) is 9.36 Å². The molecule has 1 N–H and O–H groups in total. The third-order valence-electron chi connectivity index (χ3n) is 6.01. The lowest BCUT2D eigenvalue weighted by atomic mass is 10.1. The van der Waals surface area contributed by atoms with Gasteiger partial charge in [0.15, 0.2) is 0 Å². The van der Waals surface area contributed by atoms with Crippen LogP contribution in [0.4, 0.5) is 16.0 Å². The summed E-state index contributed by atoms with van der Waals surface area (Å²) in [6.45, 7) is 7.83. The van der Waals surface area contributed by atoms with E-state index in [-0.39, 0.29) is 23.8 Å². The van der Waals surface area contributed by atoms with Gasteiger partial charge in [-0.2, -0.15) is 4.98 Å². The normalized spacial score (nSPS) is 10.9. The number of ether oxygens (including phenoxy) is 1.